The molecule has 9 nitrogen and oxygen atoms in total. The number of pyridine rings is 1. The lowest BCUT2D eigenvalue weighted by molar-refractivity contribution is -0.122. The number of likely N-dealkylation sites (tertiary alicyclic amines) is 1. The molecule has 2 aliphatic heterocycles. The molecule has 3 fully saturated rings. The Balaban J connectivity index is 1.22. The summed E-state index contributed by atoms with van der Waals surface area (Å²) in [6.07, 6.45) is 9.66. The number of nitrogens with zero attached hydrogens (tertiary/aromatic N) is 6. The molecule has 0 radical (unpaired) electrons. The number of ether oxygens (including phenoxy) is 1. The average molecular weight is 437 g/mol. The number of anilines is 1. The molecule has 4 heterocycles. The van der Waals surface area contributed by atoms with E-state index in [2.05, 4.69) is 19.9 Å². The van der Waals surface area contributed by atoms with Crippen molar-refractivity contribution in [1.29, 1.82) is 0 Å². The third kappa shape index (κ3) is 3.81. The number of hydrogen-bond acceptors (Lipinski definition) is 7. The van der Waals surface area contributed by atoms with Crippen LogP contribution in [0, 0.1) is 5.41 Å². The molecule has 2 amide bonds. The van der Waals surface area contributed by atoms with E-state index in [-0.39, 0.29) is 17.4 Å². The van der Waals surface area contributed by atoms with Crippen molar-refractivity contribution in [2.75, 3.05) is 44.2 Å². The Morgan fingerprint density at radius 3 is 2.84 bits per heavy atom. The maximum absolute atomic E-state index is 13.1. The molecule has 1 aliphatic carbocycles. The normalized spacial score (nSPS) is 22.8. The van der Waals surface area contributed by atoms with Gasteiger partial charge in [0.1, 0.15) is 5.82 Å². The van der Waals surface area contributed by atoms with Crippen LogP contribution in [-0.4, -0.2) is 82.1 Å². The predicted octanol–water partition coefficient (Wildman–Crippen LogP) is 2.20. The molecule has 1 saturated carbocycles. The van der Waals surface area contributed by atoms with E-state index in [4.69, 9.17) is 4.74 Å². The summed E-state index contributed by atoms with van der Waals surface area (Å²) in [5.74, 6) is 0.701. The van der Waals surface area contributed by atoms with Crippen molar-refractivity contribution in [3.8, 4) is 11.3 Å². The fourth-order valence-corrected chi connectivity index (χ4v) is 5.36. The molecule has 2 aromatic heterocycles. The van der Waals surface area contributed by atoms with E-state index < -0.39 is 0 Å². The third-order valence-corrected chi connectivity index (χ3v) is 6.90. The summed E-state index contributed by atoms with van der Waals surface area (Å²) >= 11 is 0. The molecule has 0 N–H and O–H groups in total. The van der Waals surface area contributed by atoms with Crippen molar-refractivity contribution in [2.45, 2.75) is 32.2 Å². The molecule has 1 atom stereocenters. The molecule has 5 rings (SSSR count). The number of carbonyl (C=O) groups is 2. The molecular formula is C23H28N6O3. The summed E-state index contributed by atoms with van der Waals surface area (Å²) in [6, 6.07) is 4.16. The van der Waals surface area contributed by atoms with Crippen LogP contribution in [0.5, 0.6) is 0 Å². The molecule has 168 valence electrons. The van der Waals surface area contributed by atoms with Crippen LogP contribution in [0.4, 0.5) is 10.6 Å². The smallest absolute Gasteiger partial charge is 0.409 e. The lowest BCUT2D eigenvalue weighted by atomic mass is 9.78. The maximum atomic E-state index is 13.1. The largest absolute Gasteiger partial charge is 0.450 e. The van der Waals surface area contributed by atoms with Gasteiger partial charge in [0.05, 0.1) is 25.0 Å². The molecule has 2 aromatic rings. The van der Waals surface area contributed by atoms with Gasteiger partial charge in [-0.3, -0.25) is 24.6 Å². The van der Waals surface area contributed by atoms with E-state index in [1.165, 1.54) is 0 Å². The highest BCUT2D eigenvalue weighted by Gasteiger charge is 2.51. The van der Waals surface area contributed by atoms with E-state index in [1.54, 1.807) is 34.6 Å². The van der Waals surface area contributed by atoms with Crippen molar-refractivity contribution >= 4 is 17.8 Å². The third-order valence-electron chi connectivity index (χ3n) is 6.90. The van der Waals surface area contributed by atoms with Gasteiger partial charge in [-0.25, -0.2) is 9.78 Å². The first-order chi connectivity index (χ1) is 15.6. The number of piperazine rings is 1. The van der Waals surface area contributed by atoms with Gasteiger partial charge in [-0.2, -0.15) is 0 Å². The van der Waals surface area contributed by atoms with Gasteiger partial charge in [-0.1, -0.05) is 0 Å². The van der Waals surface area contributed by atoms with Gasteiger partial charge in [-0.15, -0.1) is 0 Å². The molecule has 2 saturated heterocycles. The minimum absolute atomic E-state index is 0.0581. The fourth-order valence-electron chi connectivity index (χ4n) is 5.36. The Hall–Kier alpha value is -3.07. The summed E-state index contributed by atoms with van der Waals surface area (Å²) in [5.41, 5.74) is 1.72. The van der Waals surface area contributed by atoms with E-state index in [0.29, 0.717) is 37.3 Å². The highest BCUT2D eigenvalue weighted by atomic mass is 16.6. The zero-order valence-electron chi connectivity index (χ0n) is 18.3. The fraction of sp³-hybridized carbons (Fsp3) is 0.522. The molecule has 9 heteroatoms. The van der Waals surface area contributed by atoms with Gasteiger partial charge >= 0.3 is 6.09 Å². The summed E-state index contributed by atoms with van der Waals surface area (Å²) in [5, 5.41) is 0. The summed E-state index contributed by atoms with van der Waals surface area (Å²) in [4.78, 5) is 44.0. The number of rotatable bonds is 4. The van der Waals surface area contributed by atoms with Crippen molar-refractivity contribution < 1.29 is 14.3 Å². The monoisotopic (exact) mass is 436 g/mol. The number of carbonyl (C=O) groups excluding carboxylic acids is 2. The zero-order chi connectivity index (χ0) is 22.1. The van der Waals surface area contributed by atoms with E-state index in [0.717, 1.165) is 44.5 Å². The van der Waals surface area contributed by atoms with Crippen LogP contribution < -0.4 is 4.90 Å². The minimum Gasteiger partial charge on any atom is -0.450 e. The van der Waals surface area contributed by atoms with Gasteiger partial charge in [0, 0.05) is 61.8 Å². The Kier molecular flexibility index (Phi) is 5.50. The summed E-state index contributed by atoms with van der Waals surface area (Å²) < 4.78 is 5.11. The molecule has 32 heavy (non-hydrogen) atoms. The molecule has 0 aromatic carbocycles. The van der Waals surface area contributed by atoms with Crippen LogP contribution in [0.25, 0.3) is 11.3 Å². The van der Waals surface area contributed by atoms with Gasteiger partial charge in [-0.05, 0) is 38.3 Å². The average Bonchev–Trinajstić information content (AvgIpc) is 3.25. The quantitative estimate of drug-likeness (QED) is 0.726. The van der Waals surface area contributed by atoms with Crippen LogP contribution in [-0.2, 0) is 9.53 Å². The Morgan fingerprint density at radius 2 is 2.09 bits per heavy atom. The molecule has 1 spiro atoms. The van der Waals surface area contributed by atoms with Crippen molar-refractivity contribution in [1.82, 2.24) is 24.8 Å². The van der Waals surface area contributed by atoms with Gasteiger partial charge in [0.25, 0.3) is 0 Å². The van der Waals surface area contributed by atoms with Crippen LogP contribution in [0.1, 0.15) is 26.2 Å². The predicted molar refractivity (Wildman–Crippen MR) is 118 cm³/mol. The molecule has 3 aliphatic rings. The second kappa shape index (κ2) is 8.46. The lowest BCUT2D eigenvalue weighted by Crippen LogP contribution is -2.58. The van der Waals surface area contributed by atoms with Crippen molar-refractivity contribution in [3.63, 3.8) is 0 Å². The van der Waals surface area contributed by atoms with Gasteiger partial charge in [0.15, 0.2) is 0 Å². The van der Waals surface area contributed by atoms with E-state index >= 15 is 0 Å². The van der Waals surface area contributed by atoms with Crippen molar-refractivity contribution in [2.24, 2.45) is 5.41 Å². The number of aromatic nitrogens is 3. The van der Waals surface area contributed by atoms with E-state index in [1.807, 2.05) is 19.1 Å². The van der Waals surface area contributed by atoms with Crippen LogP contribution in [0.3, 0.4) is 0 Å². The minimum atomic E-state index is -0.209. The SMILES string of the molecule is CCOC(=O)N1CC2(CC[C@H](N3CCN(c4ncccc4-c4cnccn4)C(=O)C3)C2)C1. The Labute approximate surface area is 187 Å². The van der Waals surface area contributed by atoms with Crippen LogP contribution >= 0.6 is 0 Å². The molecular weight excluding hydrogens is 408 g/mol. The van der Waals surface area contributed by atoms with Crippen LogP contribution in [0.2, 0.25) is 0 Å². The highest BCUT2D eigenvalue weighted by molar-refractivity contribution is 5.97. The maximum Gasteiger partial charge on any atom is 0.409 e. The first-order valence-electron chi connectivity index (χ1n) is 11.3. The standard InChI is InChI=1S/C23H28N6O3/c1-2-32-22(31)28-15-23(16-28)6-5-17(12-23)27-10-11-29(20(30)14-27)21-18(4-3-7-26-21)19-13-24-8-9-25-19/h3-4,7-9,13,17H,2,5-6,10-12,14-16H2,1H3/t17-/m0/s1. The van der Waals surface area contributed by atoms with Gasteiger partial charge in [0.2, 0.25) is 5.91 Å². The van der Waals surface area contributed by atoms with Gasteiger partial charge < -0.3 is 9.64 Å². The first kappa shape index (κ1) is 20.8. The Morgan fingerprint density at radius 1 is 1.22 bits per heavy atom. The highest BCUT2D eigenvalue weighted by Crippen LogP contribution is 2.47. The van der Waals surface area contributed by atoms with E-state index in [9.17, 15) is 9.59 Å². The number of amides is 2. The summed E-state index contributed by atoms with van der Waals surface area (Å²) in [7, 11) is 0. The lowest BCUT2D eigenvalue weighted by Gasteiger charge is -2.48. The Bertz CT molecular complexity index is 994. The van der Waals surface area contributed by atoms with Crippen LogP contribution in [0.15, 0.2) is 36.9 Å². The topological polar surface area (TPSA) is 91.8 Å². The number of hydrogen-bond donors (Lipinski definition) is 0. The first-order valence-corrected chi connectivity index (χ1v) is 11.3. The zero-order valence-corrected chi connectivity index (χ0v) is 18.3. The molecule has 0 unspecified atom stereocenters. The second-order valence-corrected chi connectivity index (χ2v) is 8.93. The second-order valence-electron chi connectivity index (χ2n) is 8.93. The summed E-state index contributed by atoms with van der Waals surface area (Å²) in [6.45, 7) is 5.57. The molecule has 0 bridgehead atoms. The van der Waals surface area contributed by atoms with Crippen molar-refractivity contribution in [3.05, 3.63) is 36.9 Å².